The molecule has 2 aliphatic rings. The number of carbonyl (C=O) groups excluding carboxylic acids is 2. The van der Waals surface area contributed by atoms with E-state index in [2.05, 4.69) is 5.32 Å². The Morgan fingerprint density at radius 2 is 1.83 bits per heavy atom. The van der Waals surface area contributed by atoms with Crippen LogP contribution in [0.25, 0.3) is 0 Å². The van der Waals surface area contributed by atoms with Crippen molar-refractivity contribution in [1.82, 2.24) is 5.32 Å². The summed E-state index contributed by atoms with van der Waals surface area (Å²) in [5.41, 5.74) is -0.159. The van der Waals surface area contributed by atoms with Gasteiger partial charge in [-0.05, 0) is 12.8 Å². The zero-order valence-corrected chi connectivity index (χ0v) is 7.06. The van der Waals surface area contributed by atoms with Crippen molar-refractivity contribution in [2.45, 2.75) is 32.1 Å². The number of rotatable bonds is 0. The van der Waals surface area contributed by atoms with Crippen LogP contribution < -0.4 is 5.32 Å². The van der Waals surface area contributed by atoms with Crippen molar-refractivity contribution in [1.29, 1.82) is 0 Å². The van der Waals surface area contributed by atoms with Crippen molar-refractivity contribution >= 4 is 11.7 Å². The molecule has 2 rings (SSSR count). The molecule has 0 bridgehead atoms. The van der Waals surface area contributed by atoms with Gasteiger partial charge in [-0.1, -0.05) is 12.8 Å². The molecule has 0 radical (unpaired) electrons. The first kappa shape index (κ1) is 7.77. The summed E-state index contributed by atoms with van der Waals surface area (Å²) in [6.07, 6.45) is 4.35. The molecule has 1 aliphatic heterocycles. The molecular weight excluding hydrogens is 154 g/mol. The number of hydrogen-bond donors (Lipinski definition) is 1. The maximum absolute atomic E-state index is 11.6. The lowest BCUT2D eigenvalue weighted by atomic mass is 9.78. The van der Waals surface area contributed by atoms with E-state index in [1.807, 2.05) is 0 Å². The van der Waals surface area contributed by atoms with Gasteiger partial charge in [0.2, 0.25) is 5.91 Å². The molecule has 3 heteroatoms. The fourth-order valence-electron chi connectivity index (χ4n) is 2.27. The second-order valence-electron chi connectivity index (χ2n) is 3.86. The van der Waals surface area contributed by atoms with Gasteiger partial charge in [0, 0.05) is 12.0 Å². The SMILES string of the molecule is O=C1CC(=O)C2(CCCC2)CN1. The highest BCUT2D eigenvalue weighted by Gasteiger charge is 2.43. The van der Waals surface area contributed by atoms with E-state index < -0.39 is 0 Å². The molecule has 3 nitrogen and oxygen atoms in total. The van der Waals surface area contributed by atoms with Gasteiger partial charge in [0.05, 0.1) is 6.42 Å². The molecule has 1 N–H and O–H groups in total. The average molecular weight is 167 g/mol. The molecule has 1 aliphatic carbocycles. The highest BCUT2D eigenvalue weighted by atomic mass is 16.2. The summed E-state index contributed by atoms with van der Waals surface area (Å²) in [6, 6.07) is 0. The molecule has 0 aromatic heterocycles. The first-order valence-electron chi connectivity index (χ1n) is 4.53. The quantitative estimate of drug-likeness (QED) is 0.538. The molecule has 1 saturated heterocycles. The Kier molecular flexibility index (Phi) is 1.67. The van der Waals surface area contributed by atoms with Crippen LogP contribution in [0.4, 0.5) is 0 Å². The number of nitrogens with one attached hydrogen (secondary N) is 1. The van der Waals surface area contributed by atoms with E-state index in [1.165, 1.54) is 0 Å². The molecule has 0 aromatic carbocycles. The zero-order chi connectivity index (χ0) is 8.60. The highest BCUT2D eigenvalue weighted by molar-refractivity contribution is 6.03. The largest absolute Gasteiger partial charge is 0.355 e. The molecule has 66 valence electrons. The Balaban J connectivity index is 2.16. The van der Waals surface area contributed by atoms with Crippen LogP contribution in [0, 0.1) is 5.41 Å². The Hall–Kier alpha value is -0.860. The Labute approximate surface area is 71.5 Å². The summed E-state index contributed by atoms with van der Waals surface area (Å²) in [7, 11) is 0. The van der Waals surface area contributed by atoms with Crippen LogP contribution >= 0.6 is 0 Å². The van der Waals surface area contributed by atoms with Crippen molar-refractivity contribution in [3.8, 4) is 0 Å². The predicted molar refractivity (Wildman–Crippen MR) is 43.5 cm³/mol. The van der Waals surface area contributed by atoms with E-state index in [1.54, 1.807) is 0 Å². The number of Topliss-reactive ketones (excluding diaryl/α,β-unsaturated/α-hetero) is 1. The van der Waals surface area contributed by atoms with E-state index in [-0.39, 0.29) is 23.5 Å². The van der Waals surface area contributed by atoms with Gasteiger partial charge in [-0.3, -0.25) is 9.59 Å². The highest BCUT2D eigenvalue weighted by Crippen LogP contribution is 2.40. The third kappa shape index (κ3) is 1.04. The molecule has 0 unspecified atom stereocenters. The first-order chi connectivity index (χ1) is 5.73. The van der Waals surface area contributed by atoms with Crippen LogP contribution in [0.1, 0.15) is 32.1 Å². The number of amides is 1. The minimum absolute atomic E-state index is 0.0995. The standard InChI is InChI=1S/C9H13NO2/c11-7-5-8(12)10-6-9(7)3-1-2-4-9/h1-6H2,(H,10,12). The Morgan fingerprint density at radius 3 is 2.42 bits per heavy atom. The van der Waals surface area contributed by atoms with Crippen LogP contribution in [-0.2, 0) is 9.59 Å². The minimum atomic E-state index is -0.159. The molecule has 0 atom stereocenters. The number of carbonyl (C=O) groups is 2. The predicted octanol–water partition coefficient (Wildman–Crippen LogP) is 0.636. The van der Waals surface area contributed by atoms with Gasteiger partial charge in [0.25, 0.3) is 0 Å². The summed E-state index contributed by atoms with van der Waals surface area (Å²) >= 11 is 0. The van der Waals surface area contributed by atoms with Crippen molar-refractivity contribution in [3.05, 3.63) is 0 Å². The lowest BCUT2D eigenvalue weighted by Gasteiger charge is -2.31. The van der Waals surface area contributed by atoms with Crippen LogP contribution in [-0.4, -0.2) is 18.2 Å². The Morgan fingerprint density at radius 1 is 1.17 bits per heavy atom. The molecule has 2 fully saturated rings. The third-order valence-electron chi connectivity index (χ3n) is 3.10. The lowest BCUT2D eigenvalue weighted by Crippen LogP contribution is -2.48. The summed E-state index contributed by atoms with van der Waals surface area (Å²) in [6.45, 7) is 0.588. The maximum atomic E-state index is 11.6. The molecule has 1 spiro atoms. The first-order valence-corrected chi connectivity index (χ1v) is 4.53. The monoisotopic (exact) mass is 167 g/mol. The second-order valence-corrected chi connectivity index (χ2v) is 3.86. The van der Waals surface area contributed by atoms with Gasteiger partial charge in [-0.15, -0.1) is 0 Å². The summed E-state index contributed by atoms with van der Waals surface area (Å²) < 4.78 is 0. The molecule has 1 saturated carbocycles. The van der Waals surface area contributed by atoms with Gasteiger partial charge in [-0.2, -0.15) is 0 Å². The van der Waals surface area contributed by atoms with Crippen LogP contribution in [0.5, 0.6) is 0 Å². The van der Waals surface area contributed by atoms with E-state index in [4.69, 9.17) is 0 Å². The van der Waals surface area contributed by atoms with E-state index >= 15 is 0 Å². The summed E-state index contributed by atoms with van der Waals surface area (Å²) in [5, 5.41) is 2.79. The van der Waals surface area contributed by atoms with Crippen LogP contribution in [0.3, 0.4) is 0 Å². The van der Waals surface area contributed by atoms with E-state index in [0.717, 1.165) is 25.7 Å². The molecule has 1 heterocycles. The van der Waals surface area contributed by atoms with E-state index in [0.29, 0.717) is 6.54 Å². The smallest absolute Gasteiger partial charge is 0.227 e. The summed E-state index contributed by atoms with van der Waals surface area (Å²) in [4.78, 5) is 22.4. The van der Waals surface area contributed by atoms with Crippen LogP contribution in [0.2, 0.25) is 0 Å². The Bertz CT molecular complexity index is 229. The second kappa shape index (κ2) is 2.57. The van der Waals surface area contributed by atoms with Crippen molar-refractivity contribution in [2.75, 3.05) is 6.54 Å². The number of hydrogen-bond acceptors (Lipinski definition) is 2. The molecule has 12 heavy (non-hydrogen) atoms. The van der Waals surface area contributed by atoms with E-state index in [9.17, 15) is 9.59 Å². The van der Waals surface area contributed by atoms with Crippen molar-refractivity contribution in [3.63, 3.8) is 0 Å². The fraction of sp³-hybridized carbons (Fsp3) is 0.778. The van der Waals surface area contributed by atoms with Gasteiger partial charge in [0.1, 0.15) is 5.78 Å². The summed E-state index contributed by atoms with van der Waals surface area (Å²) in [5.74, 6) is 0.0706. The fourth-order valence-corrected chi connectivity index (χ4v) is 2.27. The van der Waals surface area contributed by atoms with Gasteiger partial charge in [-0.25, -0.2) is 0 Å². The third-order valence-corrected chi connectivity index (χ3v) is 3.10. The minimum Gasteiger partial charge on any atom is -0.355 e. The maximum Gasteiger partial charge on any atom is 0.227 e. The average Bonchev–Trinajstić information content (AvgIpc) is 2.48. The molecule has 1 amide bonds. The number of ketones is 1. The van der Waals surface area contributed by atoms with Gasteiger partial charge >= 0.3 is 0 Å². The van der Waals surface area contributed by atoms with Crippen molar-refractivity contribution in [2.24, 2.45) is 5.41 Å². The molecule has 0 aromatic rings. The van der Waals surface area contributed by atoms with Crippen molar-refractivity contribution < 1.29 is 9.59 Å². The lowest BCUT2D eigenvalue weighted by molar-refractivity contribution is -0.138. The zero-order valence-electron chi connectivity index (χ0n) is 7.06. The van der Waals surface area contributed by atoms with Crippen LogP contribution in [0.15, 0.2) is 0 Å². The molecular formula is C9H13NO2. The normalized spacial score (nSPS) is 27.7. The van der Waals surface area contributed by atoms with Gasteiger partial charge in [0.15, 0.2) is 0 Å². The number of piperidine rings is 1. The topological polar surface area (TPSA) is 46.2 Å². The van der Waals surface area contributed by atoms with Gasteiger partial charge < -0.3 is 5.32 Å².